The lowest BCUT2D eigenvalue weighted by Crippen LogP contribution is -2.02. The van der Waals surface area contributed by atoms with Crippen molar-refractivity contribution in [3.05, 3.63) is 52.8 Å². The Bertz CT molecular complexity index is 647. The lowest BCUT2D eigenvalue weighted by molar-refractivity contribution is 0.0697. The maximum Gasteiger partial charge on any atom is 0.335 e. The lowest BCUT2D eigenvalue weighted by Gasteiger charge is -2.11. The van der Waals surface area contributed by atoms with Crippen molar-refractivity contribution in [1.82, 2.24) is 0 Å². The molecule has 19 heavy (non-hydrogen) atoms. The Balaban J connectivity index is 2.33. The van der Waals surface area contributed by atoms with E-state index in [-0.39, 0.29) is 16.9 Å². The number of nitrogens with one attached hydrogen (secondary N) is 1. The molecule has 0 aliphatic heterocycles. The SMILES string of the molecule is Nc1cc(C(=O)O)ccc1Nc1cc(Cl)ccc1F. The third-order valence-corrected chi connectivity index (χ3v) is 2.73. The van der Waals surface area contributed by atoms with Gasteiger partial charge in [-0.1, -0.05) is 11.6 Å². The summed E-state index contributed by atoms with van der Waals surface area (Å²) in [5.41, 5.74) is 6.56. The van der Waals surface area contributed by atoms with Crippen LogP contribution < -0.4 is 11.1 Å². The van der Waals surface area contributed by atoms with E-state index in [1.165, 1.54) is 36.4 Å². The Morgan fingerprint density at radius 1 is 1.21 bits per heavy atom. The fourth-order valence-corrected chi connectivity index (χ4v) is 1.72. The van der Waals surface area contributed by atoms with Crippen LogP contribution in [0.3, 0.4) is 0 Å². The van der Waals surface area contributed by atoms with Crippen LogP contribution in [0.2, 0.25) is 5.02 Å². The van der Waals surface area contributed by atoms with Crippen molar-refractivity contribution in [3.8, 4) is 0 Å². The van der Waals surface area contributed by atoms with Crippen LogP contribution in [0, 0.1) is 5.82 Å². The topological polar surface area (TPSA) is 75.4 Å². The van der Waals surface area contributed by atoms with Gasteiger partial charge in [0.25, 0.3) is 0 Å². The highest BCUT2D eigenvalue weighted by atomic mass is 35.5. The van der Waals surface area contributed by atoms with Gasteiger partial charge in [-0.15, -0.1) is 0 Å². The Morgan fingerprint density at radius 3 is 2.58 bits per heavy atom. The number of carboxylic acids is 1. The van der Waals surface area contributed by atoms with Crippen LogP contribution in [0.4, 0.5) is 21.5 Å². The minimum absolute atomic E-state index is 0.0645. The number of rotatable bonds is 3. The van der Waals surface area contributed by atoms with E-state index in [0.29, 0.717) is 10.7 Å². The van der Waals surface area contributed by atoms with E-state index in [2.05, 4.69) is 5.32 Å². The summed E-state index contributed by atoms with van der Waals surface area (Å²) in [7, 11) is 0. The molecule has 0 atom stereocenters. The maximum atomic E-state index is 13.5. The van der Waals surface area contributed by atoms with Gasteiger partial charge in [-0.05, 0) is 36.4 Å². The Hall–Kier alpha value is -2.27. The van der Waals surface area contributed by atoms with Crippen LogP contribution >= 0.6 is 11.6 Å². The van der Waals surface area contributed by atoms with E-state index in [9.17, 15) is 9.18 Å². The van der Waals surface area contributed by atoms with Crippen molar-refractivity contribution in [2.75, 3.05) is 11.1 Å². The molecule has 6 heteroatoms. The summed E-state index contributed by atoms with van der Waals surface area (Å²) in [5.74, 6) is -1.56. The highest BCUT2D eigenvalue weighted by Crippen LogP contribution is 2.27. The molecular formula is C13H10ClFN2O2. The van der Waals surface area contributed by atoms with Gasteiger partial charge in [0.1, 0.15) is 5.82 Å². The van der Waals surface area contributed by atoms with E-state index in [1.54, 1.807) is 0 Å². The number of carboxylic acid groups (broad SMARTS) is 1. The van der Waals surface area contributed by atoms with E-state index in [0.717, 1.165) is 0 Å². The van der Waals surface area contributed by atoms with Crippen molar-refractivity contribution >= 4 is 34.6 Å². The smallest absolute Gasteiger partial charge is 0.335 e. The van der Waals surface area contributed by atoms with Gasteiger partial charge in [0.05, 0.1) is 22.6 Å². The number of hydrogen-bond donors (Lipinski definition) is 3. The van der Waals surface area contributed by atoms with Crippen molar-refractivity contribution < 1.29 is 14.3 Å². The van der Waals surface area contributed by atoms with Crippen molar-refractivity contribution in [3.63, 3.8) is 0 Å². The Labute approximate surface area is 113 Å². The van der Waals surface area contributed by atoms with E-state index < -0.39 is 11.8 Å². The van der Waals surface area contributed by atoms with Crippen LogP contribution in [-0.4, -0.2) is 11.1 Å². The zero-order valence-corrected chi connectivity index (χ0v) is 10.4. The molecule has 0 aromatic heterocycles. The molecule has 0 radical (unpaired) electrons. The van der Waals surface area contributed by atoms with Gasteiger partial charge >= 0.3 is 5.97 Å². The van der Waals surface area contributed by atoms with Gasteiger partial charge in [0.2, 0.25) is 0 Å². The van der Waals surface area contributed by atoms with Gasteiger partial charge in [-0.2, -0.15) is 0 Å². The summed E-state index contributed by atoms with van der Waals surface area (Å²) in [6.45, 7) is 0. The lowest BCUT2D eigenvalue weighted by atomic mass is 10.1. The molecule has 0 saturated heterocycles. The summed E-state index contributed by atoms with van der Waals surface area (Å²) in [4.78, 5) is 10.8. The second kappa shape index (κ2) is 5.16. The van der Waals surface area contributed by atoms with Crippen LogP contribution in [0.25, 0.3) is 0 Å². The predicted molar refractivity (Wildman–Crippen MR) is 72.5 cm³/mol. The number of nitrogens with two attached hydrogens (primary N) is 1. The van der Waals surface area contributed by atoms with Gasteiger partial charge in [-0.3, -0.25) is 0 Å². The fourth-order valence-electron chi connectivity index (χ4n) is 1.55. The van der Waals surface area contributed by atoms with Crippen LogP contribution in [0.5, 0.6) is 0 Å². The van der Waals surface area contributed by atoms with Gasteiger partial charge in [-0.25, -0.2) is 9.18 Å². The number of halogens is 2. The highest BCUT2D eigenvalue weighted by Gasteiger charge is 2.08. The average molecular weight is 281 g/mol. The second-order valence-corrected chi connectivity index (χ2v) is 4.29. The molecule has 4 nitrogen and oxygen atoms in total. The first-order valence-electron chi connectivity index (χ1n) is 5.32. The van der Waals surface area contributed by atoms with Crippen molar-refractivity contribution in [2.24, 2.45) is 0 Å². The number of nitrogen functional groups attached to an aromatic ring is 1. The van der Waals surface area contributed by atoms with Crippen LogP contribution in [0.1, 0.15) is 10.4 Å². The number of anilines is 3. The monoisotopic (exact) mass is 280 g/mol. The number of carbonyl (C=O) groups is 1. The van der Waals surface area contributed by atoms with Crippen molar-refractivity contribution in [1.29, 1.82) is 0 Å². The molecule has 2 aromatic carbocycles. The minimum atomic E-state index is -1.08. The molecule has 0 fully saturated rings. The van der Waals surface area contributed by atoms with Crippen molar-refractivity contribution in [2.45, 2.75) is 0 Å². The summed E-state index contributed by atoms with van der Waals surface area (Å²) in [6, 6.07) is 8.22. The van der Waals surface area contributed by atoms with Gasteiger partial charge < -0.3 is 16.2 Å². The molecule has 98 valence electrons. The normalized spacial score (nSPS) is 10.2. The van der Waals surface area contributed by atoms with E-state index >= 15 is 0 Å². The highest BCUT2D eigenvalue weighted by molar-refractivity contribution is 6.30. The second-order valence-electron chi connectivity index (χ2n) is 3.86. The zero-order valence-electron chi connectivity index (χ0n) is 9.65. The average Bonchev–Trinajstić information content (AvgIpc) is 2.36. The molecule has 0 spiro atoms. The van der Waals surface area contributed by atoms with Gasteiger partial charge in [0.15, 0.2) is 0 Å². The number of benzene rings is 2. The van der Waals surface area contributed by atoms with Crippen LogP contribution in [-0.2, 0) is 0 Å². The van der Waals surface area contributed by atoms with E-state index in [4.69, 9.17) is 22.4 Å². The molecule has 0 bridgehead atoms. The number of aromatic carboxylic acids is 1. The third kappa shape index (κ3) is 2.95. The molecule has 0 unspecified atom stereocenters. The standard InChI is InChI=1S/C13H10ClFN2O2/c14-8-2-3-9(15)12(6-8)17-11-4-1-7(13(18)19)5-10(11)16/h1-6,17H,16H2,(H,18,19). The number of hydrogen-bond acceptors (Lipinski definition) is 3. The summed E-state index contributed by atoms with van der Waals surface area (Å²) < 4.78 is 13.5. The predicted octanol–water partition coefficient (Wildman–Crippen LogP) is 3.50. The fraction of sp³-hybridized carbons (Fsp3) is 0. The Morgan fingerprint density at radius 2 is 1.95 bits per heavy atom. The molecule has 0 heterocycles. The third-order valence-electron chi connectivity index (χ3n) is 2.50. The molecule has 2 rings (SSSR count). The largest absolute Gasteiger partial charge is 0.478 e. The van der Waals surface area contributed by atoms with Gasteiger partial charge in [0, 0.05) is 5.02 Å². The molecule has 0 amide bonds. The first-order chi connectivity index (χ1) is 8.97. The molecular weight excluding hydrogens is 271 g/mol. The zero-order chi connectivity index (χ0) is 14.0. The molecule has 0 aliphatic carbocycles. The summed E-state index contributed by atoms with van der Waals surface area (Å²) in [5, 5.41) is 12.0. The van der Waals surface area contributed by atoms with Crippen LogP contribution in [0.15, 0.2) is 36.4 Å². The molecule has 4 N–H and O–H groups in total. The summed E-state index contributed by atoms with van der Waals surface area (Å²) >= 11 is 5.77. The maximum absolute atomic E-state index is 13.5. The van der Waals surface area contributed by atoms with E-state index in [1.807, 2.05) is 0 Å². The first-order valence-corrected chi connectivity index (χ1v) is 5.70. The molecule has 0 aliphatic rings. The Kier molecular flexibility index (Phi) is 3.57. The molecule has 2 aromatic rings. The first kappa shape index (κ1) is 13.2. The molecule has 0 saturated carbocycles. The summed E-state index contributed by atoms with van der Waals surface area (Å²) in [6.07, 6.45) is 0. The quantitative estimate of drug-likeness (QED) is 0.752. The minimum Gasteiger partial charge on any atom is -0.478 e.